The van der Waals surface area contributed by atoms with E-state index in [9.17, 15) is 18.0 Å². The van der Waals surface area contributed by atoms with Gasteiger partial charge in [0.2, 0.25) is 6.43 Å². The number of amides is 1. The minimum absolute atomic E-state index is 0.00430. The molecule has 0 saturated carbocycles. The number of carbonyl (C=O) groups excluding carboxylic acids is 1. The number of H-pyrrole nitrogens is 1. The summed E-state index contributed by atoms with van der Waals surface area (Å²) >= 11 is 0. The van der Waals surface area contributed by atoms with E-state index in [0.29, 0.717) is 36.8 Å². The van der Waals surface area contributed by atoms with Gasteiger partial charge in [-0.25, -0.2) is 13.2 Å². The van der Waals surface area contributed by atoms with Crippen molar-refractivity contribution in [2.24, 2.45) is 0 Å². The predicted octanol–water partition coefficient (Wildman–Crippen LogP) is 3.85. The Morgan fingerprint density at radius 1 is 1.27 bits per heavy atom. The Labute approximate surface area is 210 Å². The molecule has 1 amide bonds. The molecule has 0 radical (unpaired) electrons. The first-order chi connectivity index (χ1) is 18.0. The lowest BCUT2D eigenvalue weighted by Gasteiger charge is -2.23. The van der Waals surface area contributed by atoms with Crippen molar-refractivity contribution in [1.29, 1.82) is 0 Å². The molecule has 3 N–H and O–H groups in total. The van der Waals surface area contributed by atoms with Crippen molar-refractivity contribution in [1.82, 2.24) is 15.3 Å². The second-order valence-electron chi connectivity index (χ2n) is 8.51. The lowest BCUT2D eigenvalue weighted by atomic mass is 9.96. The number of nitrogens with one attached hydrogen (secondary N) is 3. The van der Waals surface area contributed by atoms with Gasteiger partial charge in [0.05, 0.1) is 61.7 Å². The number of carbonyl (C=O) groups is 1. The Morgan fingerprint density at radius 3 is 2.89 bits per heavy atom. The van der Waals surface area contributed by atoms with Gasteiger partial charge in [0.15, 0.2) is 11.6 Å². The highest BCUT2D eigenvalue weighted by Gasteiger charge is 2.37. The van der Waals surface area contributed by atoms with Gasteiger partial charge < -0.3 is 34.6 Å². The minimum atomic E-state index is -2.74. The van der Waals surface area contributed by atoms with Crippen LogP contribution in [0.4, 0.5) is 24.5 Å². The molecule has 2 atom stereocenters. The van der Waals surface area contributed by atoms with Crippen molar-refractivity contribution in [3.05, 3.63) is 53.7 Å². The molecule has 3 aromatic rings. The third-order valence-electron chi connectivity index (χ3n) is 6.21. The summed E-state index contributed by atoms with van der Waals surface area (Å²) in [5.74, 6) is -2.20. The number of nitrogens with zero attached hydrogens (tertiary/aromatic N) is 1. The zero-order valence-corrected chi connectivity index (χ0v) is 19.9. The van der Waals surface area contributed by atoms with Gasteiger partial charge in [0.25, 0.3) is 5.91 Å². The first-order valence-electron chi connectivity index (χ1n) is 11.7. The first kappa shape index (κ1) is 24.9. The Kier molecular flexibility index (Phi) is 7.19. The molecule has 0 bridgehead atoms. The van der Waals surface area contributed by atoms with Gasteiger partial charge in [-0.2, -0.15) is 0 Å². The van der Waals surface area contributed by atoms with E-state index < -0.39 is 24.1 Å². The number of alkyl halides is 2. The fraction of sp³-hybridized carbons (Fsp3) is 0.360. The zero-order valence-electron chi connectivity index (χ0n) is 19.9. The summed E-state index contributed by atoms with van der Waals surface area (Å²) < 4.78 is 64.6. The van der Waals surface area contributed by atoms with Gasteiger partial charge in [0.1, 0.15) is 18.5 Å². The first-order valence-corrected chi connectivity index (χ1v) is 11.7. The summed E-state index contributed by atoms with van der Waals surface area (Å²) in [4.78, 5) is 20.1. The van der Waals surface area contributed by atoms with E-state index in [4.69, 9.17) is 18.9 Å². The second-order valence-corrected chi connectivity index (χ2v) is 8.51. The molecular formula is C25H25F3N4O5. The number of halogens is 3. The van der Waals surface area contributed by atoms with E-state index in [1.807, 2.05) is 0 Å². The smallest absolute Gasteiger partial charge is 0.255 e. The van der Waals surface area contributed by atoms with Gasteiger partial charge in [-0.05, 0) is 18.2 Å². The highest BCUT2D eigenvalue weighted by molar-refractivity contribution is 6.07. The van der Waals surface area contributed by atoms with Gasteiger partial charge in [0, 0.05) is 24.0 Å². The van der Waals surface area contributed by atoms with Crippen LogP contribution in [0.2, 0.25) is 0 Å². The van der Waals surface area contributed by atoms with Crippen LogP contribution >= 0.6 is 0 Å². The molecule has 1 fully saturated rings. The van der Waals surface area contributed by atoms with E-state index >= 15 is 0 Å². The second kappa shape index (κ2) is 10.7. The maximum Gasteiger partial charge on any atom is 0.255 e. The van der Waals surface area contributed by atoms with Crippen molar-refractivity contribution >= 4 is 17.3 Å². The Bertz CT molecular complexity index is 1280. The molecule has 196 valence electrons. The van der Waals surface area contributed by atoms with Crippen LogP contribution in [0.3, 0.4) is 0 Å². The molecule has 2 aliphatic heterocycles. The fourth-order valence-electron chi connectivity index (χ4n) is 4.43. The highest BCUT2D eigenvalue weighted by Crippen LogP contribution is 2.44. The minimum Gasteiger partial charge on any atom is -0.492 e. The number of aromatic nitrogens is 2. The van der Waals surface area contributed by atoms with Crippen LogP contribution in [-0.2, 0) is 9.47 Å². The van der Waals surface area contributed by atoms with Crippen LogP contribution in [0.5, 0.6) is 11.5 Å². The summed E-state index contributed by atoms with van der Waals surface area (Å²) in [6, 6.07) is 5.88. The van der Waals surface area contributed by atoms with E-state index in [0.717, 1.165) is 0 Å². The quantitative estimate of drug-likeness (QED) is 0.416. The van der Waals surface area contributed by atoms with Crippen LogP contribution < -0.4 is 20.1 Å². The average Bonchev–Trinajstić information content (AvgIpc) is 3.28. The standard InChI is InChI=1S/C25H25F3N4O5/c1-34-23-16(26)3-2-4-17(23)31-22-19-20(15(24(27)28)9-30-25(19)33)32-21(22)14-5-6-29-10-18(14)37-12-13-11-35-7-8-36-13/h2-6,10,13,15,24,31-32H,7-9,11-12H2,1H3,(H,30,33)/t13-,15-/m1/s1. The third kappa shape index (κ3) is 4.94. The number of para-hydroxylation sites is 1. The number of aromatic amines is 1. The lowest BCUT2D eigenvalue weighted by Crippen LogP contribution is -2.37. The van der Waals surface area contributed by atoms with Crippen molar-refractivity contribution in [2.45, 2.75) is 18.4 Å². The summed E-state index contributed by atoms with van der Waals surface area (Å²) in [6.45, 7) is 1.26. The molecule has 12 heteroatoms. The third-order valence-corrected chi connectivity index (χ3v) is 6.21. The normalized spacial score (nSPS) is 19.3. The molecule has 5 rings (SSSR count). The number of fused-ring (bicyclic) bond motifs is 1. The van der Waals surface area contributed by atoms with Crippen LogP contribution in [0.1, 0.15) is 22.0 Å². The molecule has 0 spiro atoms. The van der Waals surface area contributed by atoms with Gasteiger partial charge in [-0.3, -0.25) is 9.78 Å². The van der Waals surface area contributed by atoms with Gasteiger partial charge in [-0.1, -0.05) is 6.07 Å². The lowest BCUT2D eigenvalue weighted by molar-refractivity contribution is -0.101. The molecule has 1 aromatic carbocycles. The van der Waals surface area contributed by atoms with Gasteiger partial charge >= 0.3 is 0 Å². The number of methoxy groups -OCH3 is 1. The average molecular weight is 518 g/mol. The van der Waals surface area contributed by atoms with E-state index in [1.54, 1.807) is 12.1 Å². The number of hydrogen-bond donors (Lipinski definition) is 3. The molecule has 1 saturated heterocycles. The number of hydrogen-bond acceptors (Lipinski definition) is 7. The molecule has 0 unspecified atom stereocenters. The van der Waals surface area contributed by atoms with E-state index in [1.165, 1.54) is 31.6 Å². The van der Waals surface area contributed by atoms with Crippen molar-refractivity contribution in [2.75, 3.05) is 45.4 Å². The summed E-state index contributed by atoms with van der Waals surface area (Å²) in [5.41, 5.74) is 1.22. The Hall–Kier alpha value is -3.77. The molecule has 2 aromatic heterocycles. The molecule has 2 aliphatic rings. The predicted molar refractivity (Wildman–Crippen MR) is 127 cm³/mol. The topological polar surface area (TPSA) is 107 Å². The summed E-state index contributed by atoms with van der Waals surface area (Å²) in [5, 5.41) is 5.56. The number of benzene rings is 1. The fourth-order valence-corrected chi connectivity index (χ4v) is 4.43. The number of ether oxygens (including phenoxy) is 4. The van der Waals surface area contributed by atoms with Crippen LogP contribution in [0, 0.1) is 5.82 Å². The maximum absolute atomic E-state index is 14.4. The Morgan fingerprint density at radius 2 is 2.14 bits per heavy atom. The van der Waals surface area contributed by atoms with Gasteiger partial charge in [-0.15, -0.1) is 0 Å². The molecule has 0 aliphatic carbocycles. The number of rotatable bonds is 8. The number of anilines is 2. The van der Waals surface area contributed by atoms with Crippen molar-refractivity contribution in [3.8, 4) is 22.8 Å². The van der Waals surface area contributed by atoms with Crippen molar-refractivity contribution in [3.63, 3.8) is 0 Å². The van der Waals surface area contributed by atoms with Crippen LogP contribution in [0.25, 0.3) is 11.3 Å². The SMILES string of the molecule is COc1c(F)cccc1Nc1c(-c2ccncc2OC[C@H]2COCCO2)[nH]c2c1C(=O)NC[C@H]2C(F)F. The Balaban J connectivity index is 1.61. The summed E-state index contributed by atoms with van der Waals surface area (Å²) in [7, 11) is 1.31. The molecule has 9 nitrogen and oxygen atoms in total. The van der Waals surface area contributed by atoms with E-state index in [2.05, 4.69) is 20.6 Å². The van der Waals surface area contributed by atoms with Crippen molar-refractivity contribution < 1.29 is 36.9 Å². The summed E-state index contributed by atoms with van der Waals surface area (Å²) in [6.07, 6.45) is -0.0315. The maximum atomic E-state index is 14.4. The largest absolute Gasteiger partial charge is 0.492 e. The molecular weight excluding hydrogens is 493 g/mol. The number of pyridine rings is 1. The zero-order chi connectivity index (χ0) is 25.9. The molecule has 37 heavy (non-hydrogen) atoms. The van der Waals surface area contributed by atoms with E-state index in [-0.39, 0.29) is 47.6 Å². The highest BCUT2D eigenvalue weighted by atomic mass is 19.3. The van der Waals surface area contributed by atoms with Crippen LogP contribution in [0.15, 0.2) is 36.7 Å². The van der Waals surface area contributed by atoms with Crippen LogP contribution in [-0.4, -0.2) is 68.5 Å². The molecule has 4 heterocycles. The monoisotopic (exact) mass is 518 g/mol.